The second kappa shape index (κ2) is 9.99. The summed E-state index contributed by atoms with van der Waals surface area (Å²) in [6.45, 7) is 7.86. The third-order valence-corrected chi connectivity index (χ3v) is 5.00. The minimum atomic E-state index is 0.385. The maximum Gasteiger partial charge on any atom is 0.146 e. The van der Waals surface area contributed by atoms with Crippen molar-refractivity contribution in [2.75, 3.05) is 37.4 Å². The van der Waals surface area contributed by atoms with E-state index in [4.69, 9.17) is 20.5 Å². The van der Waals surface area contributed by atoms with Crippen LogP contribution in [-0.4, -0.2) is 42.2 Å². The molecule has 2 aromatic rings. The quantitative estimate of drug-likeness (QED) is 0.661. The Hall–Kier alpha value is -2.98. The van der Waals surface area contributed by atoms with Gasteiger partial charge < -0.3 is 20.5 Å². The van der Waals surface area contributed by atoms with E-state index in [1.165, 1.54) is 0 Å². The van der Waals surface area contributed by atoms with Crippen LogP contribution in [0.3, 0.4) is 0 Å². The summed E-state index contributed by atoms with van der Waals surface area (Å²) in [6.07, 6.45) is 3.67. The van der Waals surface area contributed by atoms with Crippen molar-refractivity contribution >= 4 is 11.5 Å². The molecule has 1 aliphatic rings. The standard InChI is InChI=1S/C22H29N5O2/c1-3-28-19-11-17(12-20(22(19)24)29-4-2)15-27-9-7-18(8-10-27)26-21-6-5-16(13-23)14-25-21/h5-6,11-12,14,18H,3-4,7-10,15,24H2,1-2H3,(H,25,26). The summed E-state index contributed by atoms with van der Waals surface area (Å²) in [5.74, 6) is 2.21. The van der Waals surface area contributed by atoms with Crippen molar-refractivity contribution in [1.29, 1.82) is 5.26 Å². The lowest BCUT2D eigenvalue weighted by Gasteiger charge is -2.32. The molecule has 7 heteroatoms. The van der Waals surface area contributed by atoms with Gasteiger partial charge in [0.25, 0.3) is 0 Å². The average molecular weight is 396 g/mol. The van der Waals surface area contributed by atoms with Gasteiger partial charge in [-0.3, -0.25) is 4.90 Å². The Morgan fingerprint density at radius 2 is 1.83 bits per heavy atom. The van der Waals surface area contributed by atoms with Crippen LogP contribution in [0.15, 0.2) is 30.5 Å². The number of nitrogens with one attached hydrogen (secondary N) is 1. The smallest absolute Gasteiger partial charge is 0.146 e. The zero-order valence-electron chi connectivity index (χ0n) is 17.1. The van der Waals surface area contributed by atoms with Crippen LogP contribution in [0, 0.1) is 11.3 Å². The Bertz CT molecular complexity index is 812. The molecule has 1 aromatic carbocycles. The number of nitriles is 1. The van der Waals surface area contributed by atoms with Gasteiger partial charge in [-0.15, -0.1) is 0 Å². The van der Waals surface area contributed by atoms with Gasteiger partial charge in [-0.2, -0.15) is 5.26 Å². The molecule has 0 spiro atoms. The number of nitrogens with two attached hydrogens (primary N) is 1. The average Bonchev–Trinajstić information content (AvgIpc) is 2.74. The van der Waals surface area contributed by atoms with Crippen molar-refractivity contribution in [2.45, 2.75) is 39.3 Å². The molecule has 0 saturated carbocycles. The molecule has 2 heterocycles. The fourth-order valence-electron chi connectivity index (χ4n) is 3.54. The van der Waals surface area contributed by atoms with Crippen LogP contribution in [-0.2, 0) is 6.54 Å². The highest BCUT2D eigenvalue weighted by molar-refractivity contribution is 5.64. The SMILES string of the molecule is CCOc1cc(CN2CCC(Nc3ccc(C#N)cn3)CC2)cc(OCC)c1N. The molecule has 0 unspecified atom stereocenters. The van der Waals surface area contributed by atoms with Gasteiger partial charge in [-0.1, -0.05) is 0 Å². The molecule has 3 rings (SSSR count). The maximum absolute atomic E-state index is 8.87. The summed E-state index contributed by atoms with van der Waals surface area (Å²) in [5.41, 5.74) is 8.46. The summed E-state index contributed by atoms with van der Waals surface area (Å²) >= 11 is 0. The third-order valence-electron chi connectivity index (χ3n) is 5.00. The molecule has 0 bridgehead atoms. The van der Waals surface area contributed by atoms with Gasteiger partial charge in [-0.25, -0.2) is 4.98 Å². The molecule has 1 fully saturated rings. The topological polar surface area (TPSA) is 96.4 Å². The number of aromatic nitrogens is 1. The van der Waals surface area contributed by atoms with Gasteiger partial charge in [0.2, 0.25) is 0 Å². The van der Waals surface area contributed by atoms with Gasteiger partial charge in [0, 0.05) is 31.9 Å². The van der Waals surface area contributed by atoms with Crippen LogP contribution in [0.5, 0.6) is 11.5 Å². The lowest BCUT2D eigenvalue weighted by Crippen LogP contribution is -2.38. The molecule has 3 N–H and O–H groups in total. The number of benzene rings is 1. The Kier molecular flexibility index (Phi) is 7.14. The predicted molar refractivity (Wildman–Crippen MR) is 114 cm³/mol. The minimum absolute atomic E-state index is 0.385. The second-order valence-corrected chi connectivity index (χ2v) is 7.11. The largest absolute Gasteiger partial charge is 0.492 e. The molecule has 0 aliphatic carbocycles. The van der Waals surface area contributed by atoms with E-state index in [0.29, 0.717) is 42.0 Å². The van der Waals surface area contributed by atoms with E-state index in [1.807, 2.05) is 32.0 Å². The Labute approximate surface area is 172 Å². The van der Waals surface area contributed by atoms with Crippen LogP contribution in [0.25, 0.3) is 0 Å². The molecule has 7 nitrogen and oxygen atoms in total. The van der Waals surface area contributed by atoms with Crippen molar-refractivity contribution in [2.24, 2.45) is 0 Å². The number of nitrogens with zero attached hydrogens (tertiary/aromatic N) is 3. The van der Waals surface area contributed by atoms with Gasteiger partial charge >= 0.3 is 0 Å². The molecule has 154 valence electrons. The molecule has 1 aromatic heterocycles. The number of hydrogen-bond acceptors (Lipinski definition) is 7. The first-order valence-corrected chi connectivity index (χ1v) is 10.2. The Balaban J connectivity index is 1.57. The summed E-state index contributed by atoms with van der Waals surface area (Å²) in [7, 11) is 0. The Morgan fingerprint density at radius 1 is 1.17 bits per heavy atom. The van der Waals surface area contributed by atoms with Crippen LogP contribution in [0.4, 0.5) is 11.5 Å². The number of hydrogen-bond donors (Lipinski definition) is 2. The number of anilines is 2. The highest BCUT2D eigenvalue weighted by atomic mass is 16.5. The summed E-state index contributed by atoms with van der Waals surface area (Å²) in [5, 5.41) is 12.3. The fourth-order valence-corrected chi connectivity index (χ4v) is 3.54. The molecular formula is C22H29N5O2. The van der Waals surface area contributed by atoms with E-state index in [2.05, 4.69) is 21.3 Å². The number of likely N-dealkylation sites (tertiary alicyclic amines) is 1. The van der Waals surface area contributed by atoms with E-state index in [1.54, 1.807) is 12.3 Å². The molecule has 29 heavy (non-hydrogen) atoms. The van der Waals surface area contributed by atoms with Gasteiger partial charge in [0.05, 0.1) is 18.8 Å². The predicted octanol–water partition coefficient (Wildman–Crippen LogP) is 3.41. The summed E-state index contributed by atoms with van der Waals surface area (Å²) in [4.78, 5) is 6.74. The van der Waals surface area contributed by atoms with Crippen molar-refractivity contribution in [1.82, 2.24) is 9.88 Å². The number of rotatable bonds is 8. The lowest BCUT2D eigenvalue weighted by molar-refractivity contribution is 0.210. The molecule has 0 radical (unpaired) electrons. The van der Waals surface area contributed by atoms with Gasteiger partial charge in [0.1, 0.15) is 29.1 Å². The molecule has 1 aliphatic heterocycles. The van der Waals surface area contributed by atoms with Crippen molar-refractivity contribution < 1.29 is 9.47 Å². The van der Waals surface area contributed by atoms with E-state index in [-0.39, 0.29) is 0 Å². The van der Waals surface area contributed by atoms with Crippen LogP contribution >= 0.6 is 0 Å². The first-order valence-electron chi connectivity index (χ1n) is 10.2. The first kappa shape index (κ1) is 20.7. The Morgan fingerprint density at radius 3 is 2.34 bits per heavy atom. The van der Waals surface area contributed by atoms with Crippen molar-refractivity contribution in [3.63, 3.8) is 0 Å². The summed E-state index contributed by atoms with van der Waals surface area (Å²) in [6, 6.07) is 10.2. The number of piperidine rings is 1. The van der Waals surface area contributed by atoms with Crippen LogP contribution in [0.1, 0.15) is 37.8 Å². The second-order valence-electron chi connectivity index (χ2n) is 7.11. The van der Waals surface area contributed by atoms with E-state index >= 15 is 0 Å². The van der Waals surface area contributed by atoms with E-state index in [0.717, 1.165) is 43.9 Å². The highest BCUT2D eigenvalue weighted by Gasteiger charge is 2.20. The number of nitrogen functional groups attached to an aromatic ring is 1. The zero-order valence-corrected chi connectivity index (χ0v) is 17.1. The highest BCUT2D eigenvalue weighted by Crippen LogP contribution is 2.34. The monoisotopic (exact) mass is 395 g/mol. The minimum Gasteiger partial charge on any atom is -0.492 e. The summed E-state index contributed by atoms with van der Waals surface area (Å²) < 4.78 is 11.4. The number of ether oxygens (including phenoxy) is 2. The first-order chi connectivity index (χ1) is 14.1. The molecule has 0 amide bonds. The third kappa shape index (κ3) is 5.52. The maximum atomic E-state index is 8.87. The van der Waals surface area contributed by atoms with E-state index < -0.39 is 0 Å². The van der Waals surface area contributed by atoms with Crippen LogP contribution in [0.2, 0.25) is 0 Å². The van der Waals surface area contributed by atoms with Crippen LogP contribution < -0.4 is 20.5 Å². The zero-order chi connectivity index (χ0) is 20.6. The van der Waals surface area contributed by atoms with Crippen molar-refractivity contribution in [3.05, 3.63) is 41.6 Å². The van der Waals surface area contributed by atoms with Crippen molar-refractivity contribution in [3.8, 4) is 17.6 Å². The molecule has 0 atom stereocenters. The molecule has 1 saturated heterocycles. The molecular weight excluding hydrogens is 366 g/mol. The normalized spacial score (nSPS) is 14.9. The van der Waals surface area contributed by atoms with Gasteiger partial charge in [0.15, 0.2) is 0 Å². The number of pyridine rings is 1. The van der Waals surface area contributed by atoms with Gasteiger partial charge in [-0.05, 0) is 56.5 Å². The lowest BCUT2D eigenvalue weighted by atomic mass is 10.0. The van der Waals surface area contributed by atoms with E-state index in [9.17, 15) is 0 Å². The fraction of sp³-hybridized carbons (Fsp3) is 0.455.